The number of aryl methyl sites for hydroxylation is 3. The molecular weight excluding hydrogens is 1210 g/mol. The van der Waals surface area contributed by atoms with E-state index < -0.39 is 0 Å². The van der Waals surface area contributed by atoms with Gasteiger partial charge in [-0.15, -0.1) is 0 Å². The van der Waals surface area contributed by atoms with Gasteiger partial charge in [-0.25, -0.2) is 19.9 Å². The van der Waals surface area contributed by atoms with Crippen LogP contribution >= 0.6 is 0 Å². The van der Waals surface area contributed by atoms with Gasteiger partial charge in [-0.05, 0) is 162 Å². The zero-order chi connectivity index (χ0) is 66.1. The highest BCUT2D eigenvalue weighted by Gasteiger charge is 2.24. The van der Waals surface area contributed by atoms with Crippen LogP contribution in [0.4, 0.5) is 0 Å². The summed E-state index contributed by atoms with van der Waals surface area (Å²) in [6.45, 7) is 6.39. The molecule has 8 nitrogen and oxygen atoms in total. The average Bonchev–Trinajstić information content (AvgIpc) is 2.55. The minimum atomic E-state index is 0.831. The van der Waals surface area contributed by atoms with E-state index in [0.29, 0.717) is 0 Å². The zero-order valence-corrected chi connectivity index (χ0v) is 54.7. The maximum absolute atomic E-state index is 5.70. The number of aromatic amines is 4. The number of fused-ring (bicyclic) bond motifs is 16. The number of aromatic nitrogens is 8. The van der Waals surface area contributed by atoms with E-state index >= 15 is 0 Å². The fraction of sp³-hybridized carbons (Fsp3) is 0.0330. The topological polar surface area (TPSA) is 115 Å². The van der Waals surface area contributed by atoms with E-state index in [1.807, 2.05) is 0 Å². The average molecular weight is 1270 g/mol. The Morgan fingerprint density at radius 1 is 0.192 bits per heavy atom. The fourth-order valence-electron chi connectivity index (χ4n) is 14.5. The highest BCUT2D eigenvalue weighted by molar-refractivity contribution is 6.06. The second-order valence-electron chi connectivity index (χ2n) is 25.8. The van der Waals surface area contributed by atoms with Crippen molar-refractivity contribution >= 4 is 92.7 Å². The van der Waals surface area contributed by atoms with Gasteiger partial charge in [0, 0.05) is 88.7 Å². The molecule has 0 fully saturated rings. The summed E-state index contributed by atoms with van der Waals surface area (Å²) in [5.74, 6) is 0. The SMILES string of the molecule is Cc1ccc(-c2c3nc(c(-c4ccc(C)cc4)c4ccc([nH]4)c(-c4ccc(-c5cc6[nH]c5c(-c5ccccc5)c5nc(c(-c7ccccc7)c7ccc([nH]7)c(-c7ccccc7)c7nc(c6-c6ccccc6)C=C7)C=C5)cc4)c4nc(c(-c5ccc(C)cc5)c5ccc2[nH]5)C=C4)C=C3)cc1. The Morgan fingerprint density at radius 3 is 0.677 bits per heavy atom. The van der Waals surface area contributed by atoms with Crippen LogP contribution in [0.25, 0.3) is 193 Å². The first-order valence-corrected chi connectivity index (χ1v) is 33.7. The molecule has 0 unspecified atom stereocenters. The highest BCUT2D eigenvalue weighted by atomic mass is 14.8. The molecule has 99 heavy (non-hydrogen) atoms. The number of benzene rings is 8. The van der Waals surface area contributed by atoms with Crippen molar-refractivity contribution in [3.63, 3.8) is 0 Å². The smallest absolute Gasteiger partial charge is 0.0737 e. The van der Waals surface area contributed by atoms with Crippen molar-refractivity contribution in [2.75, 3.05) is 0 Å². The molecular formula is C91H64N8. The summed E-state index contributed by atoms with van der Waals surface area (Å²) in [7, 11) is 0. The Bertz CT molecular complexity index is 6000. The molecule has 4 N–H and O–H groups in total. The maximum atomic E-state index is 5.70. The van der Waals surface area contributed by atoms with E-state index in [1.165, 1.54) is 16.7 Å². The molecule has 14 aromatic rings. The van der Waals surface area contributed by atoms with Crippen molar-refractivity contribution in [3.8, 4) is 100 Å². The molecule has 6 aromatic heterocycles. The lowest BCUT2D eigenvalue weighted by atomic mass is 9.96. The van der Waals surface area contributed by atoms with Gasteiger partial charge in [0.2, 0.25) is 0 Å². The largest absolute Gasteiger partial charge is 0.354 e. The third-order valence-electron chi connectivity index (χ3n) is 19.4. The molecule has 0 atom stereocenters. The van der Waals surface area contributed by atoms with E-state index in [-0.39, 0.29) is 0 Å². The summed E-state index contributed by atoms with van der Waals surface area (Å²) in [5.41, 5.74) is 36.1. The minimum Gasteiger partial charge on any atom is -0.354 e. The van der Waals surface area contributed by atoms with Crippen LogP contribution in [-0.4, -0.2) is 39.9 Å². The predicted octanol–water partition coefficient (Wildman–Crippen LogP) is 23.6. The van der Waals surface area contributed by atoms with Gasteiger partial charge in [-0.1, -0.05) is 235 Å². The second kappa shape index (κ2) is 24.3. The number of rotatable bonds is 9. The number of hydrogen-bond acceptors (Lipinski definition) is 4. The molecule has 4 aliphatic rings. The lowest BCUT2D eigenvalue weighted by Crippen LogP contribution is -1.90. The lowest BCUT2D eigenvalue weighted by Gasteiger charge is -2.09. The van der Waals surface area contributed by atoms with Gasteiger partial charge in [-0.2, -0.15) is 0 Å². The molecule has 4 aliphatic heterocycles. The summed E-state index contributed by atoms with van der Waals surface area (Å²) >= 11 is 0. The van der Waals surface area contributed by atoms with Gasteiger partial charge in [-0.3, -0.25) is 0 Å². The highest BCUT2D eigenvalue weighted by Crippen LogP contribution is 2.45. The Hall–Kier alpha value is -13.0. The van der Waals surface area contributed by atoms with E-state index in [9.17, 15) is 0 Å². The van der Waals surface area contributed by atoms with Gasteiger partial charge in [0.1, 0.15) is 0 Å². The molecule has 8 heteroatoms. The lowest BCUT2D eigenvalue weighted by molar-refractivity contribution is 1.31. The Labute approximate surface area is 573 Å². The molecule has 18 rings (SSSR count). The first kappa shape index (κ1) is 58.5. The van der Waals surface area contributed by atoms with Crippen molar-refractivity contribution in [1.29, 1.82) is 0 Å². The summed E-state index contributed by atoms with van der Waals surface area (Å²) in [6.07, 6.45) is 17.3. The van der Waals surface area contributed by atoms with Crippen LogP contribution in [0, 0.1) is 20.8 Å². The predicted molar refractivity (Wildman–Crippen MR) is 414 cm³/mol. The summed E-state index contributed by atoms with van der Waals surface area (Å²) < 4.78 is 0. The second-order valence-corrected chi connectivity index (χ2v) is 25.8. The van der Waals surface area contributed by atoms with Crippen LogP contribution in [0.5, 0.6) is 0 Å². The molecule has 0 amide bonds. The van der Waals surface area contributed by atoms with Crippen molar-refractivity contribution in [1.82, 2.24) is 39.9 Å². The van der Waals surface area contributed by atoms with Crippen molar-refractivity contribution in [2.24, 2.45) is 0 Å². The summed E-state index contributed by atoms with van der Waals surface area (Å²) in [6, 6.07) is 93.2. The van der Waals surface area contributed by atoms with Gasteiger partial charge in [0.15, 0.2) is 0 Å². The van der Waals surface area contributed by atoms with Gasteiger partial charge >= 0.3 is 0 Å². The van der Waals surface area contributed by atoms with Crippen molar-refractivity contribution < 1.29 is 0 Å². The summed E-state index contributed by atoms with van der Waals surface area (Å²) in [4.78, 5) is 38.6. The number of H-pyrrole nitrogens is 4. The molecule has 16 bridgehead atoms. The van der Waals surface area contributed by atoms with Gasteiger partial charge < -0.3 is 19.9 Å². The third-order valence-corrected chi connectivity index (χ3v) is 19.4. The molecule has 8 aromatic carbocycles. The van der Waals surface area contributed by atoms with E-state index in [1.54, 1.807) is 0 Å². The van der Waals surface area contributed by atoms with Gasteiger partial charge in [0.25, 0.3) is 0 Å². The molecule has 0 saturated carbocycles. The Morgan fingerprint density at radius 2 is 0.404 bits per heavy atom. The standard InChI is InChI=1S/C91H64N8/c1-55-24-30-63(31-25-55)85-72-42-44-74(93-72)86(64-32-26-56(2)27-33-64)76-46-48-78(95-76)88(79-49-47-77(96-79)87(75-45-43-73(85)94-75)65-34-28-57(3)29-35-65)66-38-36-58(37-39-66)67-54-82-89(61-20-12-6-13-21-61)80-51-50-70(97-80)83(59-16-8-4-9-17-59)68-40-41-69(92-68)84(60-18-10-5-11-19-60)71-52-53-81(98-71)90(91(67)99-82)62-22-14-7-15-23-62/h4-54,92-93,96,99H,1-3H3. The number of hydrogen-bond donors (Lipinski definition) is 4. The molecule has 0 saturated heterocycles. The first-order valence-electron chi connectivity index (χ1n) is 33.7. The number of nitrogens with zero attached hydrogens (tertiary/aromatic N) is 4. The Balaban J connectivity index is 0.917. The molecule has 0 spiro atoms. The molecule has 0 radical (unpaired) electrons. The van der Waals surface area contributed by atoms with Crippen LogP contribution < -0.4 is 0 Å². The number of nitrogens with one attached hydrogen (secondary N) is 4. The summed E-state index contributed by atoms with van der Waals surface area (Å²) in [5, 5.41) is 0. The normalized spacial score (nSPS) is 12.2. The first-order chi connectivity index (χ1) is 48.8. The van der Waals surface area contributed by atoms with Crippen molar-refractivity contribution in [3.05, 3.63) is 323 Å². The Kier molecular flexibility index (Phi) is 14.4. The molecule has 468 valence electrons. The molecule has 10 heterocycles. The van der Waals surface area contributed by atoms with Gasteiger partial charge in [0.05, 0.1) is 51.1 Å². The third kappa shape index (κ3) is 10.7. The maximum Gasteiger partial charge on any atom is 0.0737 e. The van der Waals surface area contributed by atoms with E-state index in [0.717, 1.165) is 190 Å². The monoisotopic (exact) mass is 1270 g/mol. The van der Waals surface area contributed by atoms with Crippen LogP contribution in [0.2, 0.25) is 0 Å². The van der Waals surface area contributed by atoms with Crippen LogP contribution in [0.1, 0.15) is 62.2 Å². The van der Waals surface area contributed by atoms with E-state index in [2.05, 4.69) is 350 Å². The molecule has 0 aliphatic carbocycles. The van der Waals surface area contributed by atoms with Crippen LogP contribution in [0.3, 0.4) is 0 Å². The van der Waals surface area contributed by atoms with Crippen LogP contribution in [-0.2, 0) is 0 Å². The minimum absolute atomic E-state index is 0.831. The van der Waals surface area contributed by atoms with Crippen LogP contribution in [0.15, 0.2) is 261 Å². The quantitative estimate of drug-likeness (QED) is 0.115. The fourth-order valence-corrected chi connectivity index (χ4v) is 14.5. The zero-order valence-electron chi connectivity index (χ0n) is 54.7. The van der Waals surface area contributed by atoms with E-state index in [4.69, 9.17) is 19.9 Å². The van der Waals surface area contributed by atoms with Crippen molar-refractivity contribution in [2.45, 2.75) is 20.8 Å².